The lowest BCUT2D eigenvalue weighted by Gasteiger charge is -2.32. The van der Waals surface area contributed by atoms with E-state index in [1.54, 1.807) is 17.2 Å². The van der Waals surface area contributed by atoms with Gasteiger partial charge in [-0.15, -0.1) is 0 Å². The van der Waals surface area contributed by atoms with Gasteiger partial charge in [-0.25, -0.2) is 15.0 Å². The standard InChI is InChI=1S/C24H25N9O/c1-16-21(13-26-23-22(16)25-9-11-34-23)32-10-6-18-12-27-24(31-20(18)15-32)30-19-4-2-17(3-5-19)14-33-28-7-8-29-33/h2-5,7-8,12-13,25H,6,9-11,14-15H2,1H3,(H,27,30,31). The summed E-state index contributed by atoms with van der Waals surface area (Å²) in [5.41, 5.74) is 7.54. The number of nitrogens with one attached hydrogen (secondary N) is 2. The number of benzene rings is 1. The van der Waals surface area contributed by atoms with Crippen LogP contribution in [0.25, 0.3) is 0 Å². The molecule has 10 nitrogen and oxygen atoms in total. The van der Waals surface area contributed by atoms with Crippen LogP contribution in [-0.2, 0) is 19.5 Å². The zero-order valence-corrected chi connectivity index (χ0v) is 18.9. The Hall–Kier alpha value is -4.21. The minimum atomic E-state index is 0.595. The van der Waals surface area contributed by atoms with E-state index in [4.69, 9.17) is 9.72 Å². The molecule has 0 saturated heterocycles. The molecule has 0 radical (unpaired) electrons. The number of anilines is 4. The third kappa shape index (κ3) is 3.98. The van der Waals surface area contributed by atoms with Gasteiger partial charge in [0.2, 0.25) is 11.8 Å². The van der Waals surface area contributed by atoms with E-state index < -0.39 is 0 Å². The van der Waals surface area contributed by atoms with Crippen LogP contribution in [0.3, 0.4) is 0 Å². The first-order valence-corrected chi connectivity index (χ1v) is 11.4. The minimum Gasteiger partial charge on any atom is -0.474 e. The molecule has 2 aliphatic rings. The molecule has 2 aliphatic heterocycles. The van der Waals surface area contributed by atoms with Crippen molar-refractivity contribution in [1.82, 2.24) is 29.9 Å². The van der Waals surface area contributed by atoms with E-state index in [0.717, 1.165) is 53.4 Å². The Morgan fingerprint density at radius 1 is 1.09 bits per heavy atom. The highest BCUT2D eigenvalue weighted by Gasteiger charge is 2.24. The van der Waals surface area contributed by atoms with E-state index in [1.807, 2.05) is 24.5 Å². The molecule has 0 unspecified atom stereocenters. The summed E-state index contributed by atoms with van der Waals surface area (Å²) < 4.78 is 5.68. The average Bonchev–Trinajstić information content (AvgIpc) is 3.38. The molecule has 5 heterocycles. The van der Waals surface area contributed by atoms with Gasteiger partial charge in [0.25, 0.3) is 0 Å². The van der Waals surface area contributed by atoms with E-state index in [1.165, 1.54) is 5.56 Å². The summed E-state index contributed by atoms with van der Waals surface area (Å²) in [4.78, 5) is 17.9. The molecule has 0 amide bonds. The first-order chi connectivity index (χ1) is 16.7. The number of ether oxygens (including phenoxy) is 1. The maximum Gasteiger partial charge on any atom is 0.237 e. The second kappa shape index (κ2) is 8.62. The Morgan fingerprint density at radius 3 is 2.79 bits per heavy atom. The van der Waals surface area contributed by atoms with Gasteiger partial charge in [0.05, 0.1) is 43.1 Å². The second-order valence-electron chi connectivity index (χ2n) is 8.44. The van der Waals surface area contributed by atoms with Crippen LogP contribution < -0.4 is 20.3 Å². The number of hydrogen-bond acceptors (Lipinski definition) is 9. The molecule has 6 rings (SSSR count). The molecule has 172 valence electrons. The summed E-state index contributed by atoms with van der Waals surface area (Å²) in [6, 6.07) is 8.14. The maximum atomic E-state index is 5.68. The average molecular weight is 456 g/mol. The molecule has 0 bridgehead atoms. The molecule has 2 N–H and O–H groups in total. The Labute approximate surface area is 197 Å². The van der Waals surface area contributed by atoms with Crippen molar-refractivity contribution in [3.05, 3.63) is 71.4 Å². The van der Waals surface area contributed by atoms with Crippen molar-refractivity contribution < 1.29 is 4.74 Å². The number of hydrogen-bond donors (Lipinski definition) is 2. The lowest BCUT2D eigenvalue weighted by molar-refractivity contribution is 0.310. The summed E-state index contributed by atoms with van der Waals surface area (Å²) in [5.74, 6) is 1.28. The quantitative estimate of drug-likeness (QED) is 0.470. The molecule has 3 aromatic heterocycles. The van der Waals surface area contributed by atoms with Crippen molar-refractivity contribution in [3.8, 4) is 5.88 Å². The van der Waals surface area contributed by atoms with Crippen molar-refractivity contribution in [1.29, 1.82) is 0 Å². The number of fused-ring (bicyclic) bond motifs is 2. The zero-order valence-electron chi connectivity index (χ0n) is 18.9. The molecule has 10 heteroatoms. The highest BCUT2D eigenvalue weighted by atomic mass is 16.5. The predicted octanol–water partition coefficient (Wildman–Crippen LogP) is 2.93. The summed E-state index contributed by atoms with van der Waals surface area (Å²) in [5, 5.41) is 15.1. The Morgan fingerprint density at radius 2 is 1.94 bits per heavy atom. The number of pyridine rings is 1. The number of rotatable bonds is 5. The van der Waals surface area contributed by atoms with Crippen LogP contribution in [-0.4, -0.2) is 49.6 Å². The Bertz CT molecular complexity index is 1310. The lowest BCUT2D eigenvalue weighted by Crippen LogP contribution is -2.32. The summed E-state index contributed by atoms with van der Waals surface area (Å²) >= 11 is 0. The van der Waals surface area contributed by atoms with Gasteiger partial charge in [0.15, 0.2) is 0 Å². The van der Waals surface area contributed by atoms with Gasteiger partial charge in [0.1, 0.15) is 12.3 Å². The number of nitrogens with zero attached hydrogens (tertiary/aromatic N) is 7. The second-order valence-corrected chi connectivity index (χ2v) is 8.44. The third-order valence-corrected chi connectivity index (χ3v) is 6.21. The van der Waals surface area contributed by atoms with E-state index >= 15 is 0 Å². The molecule has 0 aliphatic carbocycles. The van der Waals surface area contributed by atoms with Gasteiger partial charge >= 0.3 is 0 Å². The highest BCUT2D eigenvalue weighted by Crippen LogP contribution is 2.36. The molecule has 1 aromatic carbocycles. The van der Waals surface area contributed by atoms with Crippen LogP contribution in [0, 0.1) is 6.92 Å². The van der Waals surface area contributed by atoms with Gasteiger partial charge < -0.3 is 20.3 Å². The van der Waals surface area contributed by atoms with Crippen LogP contribution in [0.15, 0.2) is 49.1 Å². The van der Waals surface area contributed by atoms with Gasteiger partial charge in [-0.2, -0.15) is 15.0 Å². The van der Waals surface area contributed by atoms with Crippen molar-refractivity contribution in [2.45, 2.75) is 26.4 Å². The molecule has 34 heavy (non-hydrogen) atoms. The van der Waals surface area contributed by atoms with Gasteiger partial charge in [-0.05, 0) is 36.6 Å². The van der Waals surface area contributed by atoms with E-state index in [-0.39, 0.29) is 0 Å². The van der Waals surface area contributed by atoms with E-state index in [2.05, 4.69) is 54.8 Å². The first-order valence-electron chi connectivity index (χ1n) is 11.4. The number of aromatic nitrogens is 6. The fourth-order valence-corrected chi connectivity index (χ4v) is 4.41. The van der Waals surface area contributed by atoms with Crippen molar-refractivity contribution in [2.75, 3.05) is 35.2 Å². The van der Waals surface area contributed by atoms with Crippen LogP contribution >= 0.6 is 0 Å². The zero-order chi connectivity index (χ0) is 22.9. The monoisotopic (exact) mass is 455 g/mol. The van der Waals surface area contributed by atoms with Crippen LogP contribution in [0.2, 0.25) is 0 Å². The first kappa shape index (κ1) is 20.4. The molecule has 0 fully saturated rings. The van der Waals surface area contributed by atoms with Gasteiger partial charge in [-0.3, -0.25) is 0 Å². The normalized spacial score (nSPS) is 14.6. The van der Waals surface area contributed by atoms with E-state index in [9.17, 15) is 0 Å². The minimum absolute atomic E-state index is 0.595. The van der Waals surface area contributed by atoms with Crippen molar-refractivity contribution in [2.24, 2.45) is 0 Å². The fourth-order valence-electron chi connectivity index (χ4n) is 4.41. The van der Waals surface area contributed by atoms with Crippen molar-refractivity contribution in [3.63, 3.8) is 0 Å². The van der Waals surface area contributed by atoms with Crippen LogP contribution in [0.4, 0.5) is 23.0 Å². The smallest absolute Gasteiger partial charge is 0.237 e. The molecular formula is C24H25N9O. The van der Waals surface area contributed by atoms with Crippen LogP contribution in [0.1, 0.15) is 22.4 Å². The summed E-state index contributed by atoms with van der Waals surface area (Å²) in [7, 11) is 0. The SMILES string of the molecule is Cc1c(N2CCc3cnc(Nc4ccc(Cn5nccn5)cc4)nc3C2)cnc2c1NCCO2. The topological polar surface area (TPSA) is 106 Å². The molecule has 0 spiro atoms. The molecular weight excluding hydrogens is 430 g/mol. The highest BCUT2D eigenvalue weighted by molar-refractivity contribution is 5.70. The Kier molecular flexibility index (Phi) is 5.17. The van der Waals surface area contributed by atoms with Gasteiger partial charge in [-0.1, -0.05) is 12.1 Å². The largest absolute Gasteiger partial charge is 0.474 e. The molecule has 4 aromatic rings. The predicted molar refractivity (Wildman–Crippen MR) is 129 cm³/mol. The van der Waals surface area contributed by atoms with Crippen molar-refractivity contribution >= 4 is 23.0 Å². The third-order valence-electron chi connectivity index (χ3n) is 6.21. The Balaban J connectivity index is 1.18. The van der Waals surface area contributed by atoms with E-state index in [0.29, 0.717) is 31.5 Å². The van der Waals surface area contributed by atoms with Gasteiger partial charge in [0, 0.05) is 30.5 Å². The molecule has 0 saturated carbocycles. The maximum absolute atomic E-state index is 5.68. The lowest BCUT2D eigenvalue weighted by atomic mass is 10.0. The summed E-state index contributed by atoms with van der Waals surface area (Å²) in [6.07, 6.45) is 8.10. The molecule has 0 atom stereocenters. The fraction of sp³-hybridized carbons (Fsp3) is 0.292. The van der Waals surface area contributed by atoms with Crippen LogP contribution in [0.5, 0.6) is 5.88 Å². The summed E-state index contributed by atoms with van der Waals surface area (Å²) in [6.45, 7) is 5.81.